The van der Waals surface area contributed by atoms with Gasteiger partial charge in [0, 0.05) is 24.1 Å². The van der Waals surface area contributed by atoms with E-state index >= 15 is 0 Å². The summed E-state index contributed by atoms with van der Waals surface area (Å²) in [6.45, 7) is 9.00. The minimum absolute atomic E-state index is 0.332. The summed E-state index contributed by atoms with van der Waals surface area (Å²) in [7, 11) is 0. The number of hydrogen-bond acceptors (Lipinski definition) is 5. The molecule has 0 spiro atoms. The molecule has 1 amide bonds. The Kier molecular flexibility index (Phi) is 6.67. The van der Waals surface area contributed by atoms with Gasteiger partial charge in [0.25, 0.3) is 6.04 Å². The molecular formula is C23H30N2O5. The number of nitrogens with zero attached hydrogens (tertiary/aromatic N) is 2. The predicted octanol–water partition coefficient (Wildman–Crippen LogP) is 3.88. The molecule has 1 aliphatic heterocycles. The number of carbonyl (C=O) groups excluding carboxylic acids is 1. The first-order valence-corrected chi connectivity index (χ1v) is 10.5. The van der Waals surface area contributed by atoms with Gasteiger partial charge in [-0.2, -0.15) is 0 Å². The molecule has 0 bridgehead atoms. The van der Waals surface area contributed by atoms with E-state index < -0.39 is 17.7 Å². The van der Waals surface area contributed by atoms with E-state index in [0.29, 0.717) is 32.0 Å². The first-order chi connectivity index (χ1) is 14.1. The van der Waals surface area contributed by atoms with Gasteiger partial charge in [-0.3, -0.25) is 10.1 Å². The topological polar surface area (TPSA) is 81.9 Å². The highest BCUT2D eigenvalue weighted by Crippen LogP contribution is 2.31. The third kappa shape index (κ3) is 6.20. The van der Waals surface area contributed by atoms with E-state index in [0.717, 1.165) is 16.7 Å². The van der Waals surface area contributed by atoms with Crippen LogP contribution in [0.2, 0.25) is 0 Å². The summed E-state index contributed by atoms with van der Waals surface area (Å²) < 4.78 is 11.4. The molecule has 2 atom stereocenters. The lowest BCUT2D eigenvalue weighted by atomic mass is 9.90. The van der Waals surface area contributed by atoms with Crippen LogP contribution in [0.5, 0.6) is 0 Å². The van der Waals surface area contributed by atoms with Crippen molar-refractivity contribution in [3.63, 3.8) is 0 Å². The van der Waals surface area contributed by atoms with Crippen LogP contribution in [0.4, 0.5) is 4.79 Å². The van der Waals surface area contributed by atoms with Gasteiger partial charge in [-0.15, -0.1) is 0 Å². The summed E-state index contributed by atoms with van der Waals surface area (Å²) in [5.41, 5.74) is 2.24. The first-order valence-electron chi connectivity index (χ1n) is 10.5. The average molecular weight is 415 g/mol. The molecule has 2 unspecified atom stereocenters. The van der Waals surface area contributed by atoms with E-state index in [4.69, 9.17) is 9.47 Å². The minimum Gasteiger partial charge on any atom is -0.444 e. The standard InChI is InChI=1S/C23H30N2O5/c1-16-13-19(25(27)28)7-8-20(29-15-17-5-6-17)14-21(16)18-9-11-24(12-10-18)22(26)30-23(2,3)4/h9,13-14,17,19-20H,5-6,10-12,15H2,1-4H3. The Bertz CT molecular complexity index is 849. The highest BCUT2D eigenvalue weighted by Gasteiger charge is 2.27. The molecule has 3 rings (SSSR count). The van der Waals surface area contributed by atoms with Crippen molar-refractivity contribution >= 4 is 6.09 Å². The zero-order valence-corrected chi connectivity index (χ0v) is 18.1. The minimum atomic E-state index is -1.05. The van der Waals surface area contributed by atoms with Crippen molar-refractivity contribution in [2.75, 3.05) is 19.7 Å². The maximum atomic E-state index is 12.3. The molecular weight excluding hydrogens is 384 g/mol. The summed E-state index contributed by atoms with van der Waals surface area (Å²) >= 11 is 0. The second kappa shape index (κ2) is 9.05. The summed E-state index contributed by atoms with van der Waals surface area (Å²) in [4.78, 5) is 25.0. The highest BCUT2D eigenvalue weighted by atomic mass is 16.6. The molecule has 162 valence electrons. The third-order valence-electron chi connectivity index (χ3n) is 5.17. The van der Waals surface area contributed by atoms with Crippen LogP contribution in [0.3, 0.4) is 0 Å². The molecule has 0 aromatic rings. The lowest BCUT2D eigenvalue weighted by Crippen LogP contribution is -2.39. The fraction of sp³-hybridized carbons (Fsp3) is 0.609. The lowest BCUT2D eigenvalue weighted by Gasteiger charge is -2.30. The van der Waals surface area contributed by atoms with Crippen molar-refractivity contribution in [1.29, 1.82) is 0 Å². The third-order valence-corrected chi connectivity index (χ3v) is 5.17. The maximum absolute atomic E-state index is 12.3. The number of rotatable bonds is 5. The molecule has 1 fully saturated rings. The summed E-state index contributed by atoms with van der Waals surface area (Å²) in [6.07, 6.45) is 7.71. The van der Waals surface area contributed by atoms with Crippen molar-refractivity contribution < 1.29 is 19.2 Å². The van der Waals surface area contributed by atoms with Crippen LogP contribution in [-0.2, 0) is 9.47 Å². The Balaban J connectivity index is 1.79. The van der Waals surface area contributed by atoms with Gasteiger partial charge in [0.2, 0.25) is 0 Å². The van der Waals surface area contributed by atoms with Crippen molar-refractivity contribution in [3.05, 3.63) is 45.1 Å². The van der Waals surface area contributed by atoms with Crippen LogP contribution in [0, 0.1) is 27.9 Å². The van der Waals surface area contributed by atoms with Crippen LogP contribution in [0.15, 0.2) is 34.9 Å². The quantitative estimate of drug-likeness (QED) is 0.387. The Morgan fingerprint density at radius 2 is 2.03 bits per heavy atom. The molecule has 0 saturated heterocycles. The van der Waals surface area contributed by atoms with Gasteiger partial charge in [0.1, 0.15) is 11.7 Å². The molecule has 2 aliphatic carbocycles. The fourth-order valence-electron chi connectivity index (χ4n) is 3.35. The van der Waals surface area contributed by atoms with E-state index in [1.54, 1.807) is 11.0 Å². The fourth-order valence-corrected chi connectivity index (χ4v) is 3.35. The van der Waals surface area contributed by atoms with Gasteiger partial charge in [0.05, 0.1) is 6.61 Å². The average Bonchev–Trinajstić information content (AvgIpc) is 3.47. The van der Waals surface area contributed by atoms with Gasteiger partial charge in [0.15, 0.2) is 0 Å². The van der Waals surface area contributed by atoms with Crippen LogP contribution >= 0.6 is 0 Å². The van der Waals surface area contributed by atoms with Gasteiger partial charge >= 0.3 is 6.09 Å². The molecule has 1 saturated carbocycles. The highest BCUT2D eigenvalue weighted by molar-refractivity contribution is 5.69. The number of ether oxygens (including phenoxy) is 2. The molecule has 0 radical (unpaired) electrons. The van der Waals surface area contributed by atoms with E-state index in [1.165, 1.54) is 12.8 Å². The van der Waals surface area contributed by atoms with Gasteiger partial charge in [-0.25, -0.2) is 4.79 Å². The Labute approximate surface area is 177 Å². The monoisotopic (exact) mass is 414 g/mol. The summed E-state index contributed by atoms with van der Waals surface area (Å²) in [6, 6.07) is -1.05. The number of carbonyl (C=O) groups is 1. The second-order valence-electron chi connectivity index (χ2n) is 9.05. The van der Waals surface area contributed by atoms with Crippen LogP contribution in [0.25, 0.3) is 0 Å². The van der Waals surface area contributed by atoms with Crippen LogP contribution in [-0.4, -0.2) is 53.4 Å². The van der Waals surface area contributed by atoms with Crippen molar-refractivity contribution in [3.8, 4) is 11.8 Å². The zero-order valence-electron chi connectivity index (χ0n) is 18.1. The van der Waals surface area contributed by atoms with Crippen molar-refractivity contribution in [2.24, 2.45) is 5.92 Å². The smallest absolute Gasteiger partial charge is 0.410 e. The largest absolute Gasteiger partial charge is 0.444 e. The predicted molar refractivity (Wildman–Crippen MR) is 113 cm³/mol. The van der Waals surface area contributed by atoms with Gasteiger partial charge in [-0.05, 0) is 81.6 Å². The molecule has 0 aromatic heterocycles. The number of hydrogen-bond donors (Lipinski definition) is 0. The maximum Gasteiger partial charge on any atom is 0.410 e. The molecule has 7 nitrogen and oxygen atoms in total. The van der Waals surface area contributed by atoms with E-state index in [1.807, 2.05) is 39.8 Å². The van der Waals surface area contributed by atoms with Gasteiger partial charge < -0.3 is 14.4 Å². The number of amides is 1. The molecule has 7 heteroatoms. The van der Waals surface area contributed by atoms with Crippen LogP contribution < -0.4 is 0 Å². The molecule has 3 aliphatic rings. The lowest BCUT2D eigenvalue weighted by molar-refractivity contribution is -0.493. The normalized spacial score (nSPS) is 24.4. The molecule has 0 N–H and O–H groups in total. The van der Waals surface area contributed by atoms with E-state index in [2.05, 4.69) is 11.8 Å². The van der Waals surface area contributed by atoms with E-state index in [-0.39, 0.29) is 11.0 Å². The molecule has 30 heavy (non-hydrogen) atoms. The Morgan fingerprint density at radius 3 is 2.60 bits per heavy atom. The molecule has 1 heterocycles. The van der Waals surface area contributed by atoms with E-state index in [9.17, 15) is 14.9 Å². The van der Waals surface area contributed by atoms with Crippen molar-refractivity contribution in [1.82, 2.24) is 4.90 Å². The number of nitro groups is 1. The SMILES string of the molecule is CC1=CC([N+](=O)[O-])C#CC(OCC2CC2)C=C1C1=CCN(C(=O)OC(C)(C)C)CC1. The molecule has 0 aromatic carbocycles. The van der Waals surface area contributed by atoms with Gasteiger partial charge in [-0.1, -0.05) is 12.0 Å². The van der Waals surface area contributed by atoms with Crippen molar-refractivity contribution in [2.45, 2.75) is 64.7 Å². The van der Waals surface area contributed by atoms with Crippen LogP contribution in [0.1, 0.15) is 47.0 Å². The summed E-state index contributed by atoms with van der Waals surface area (Å²) in [5, 5.41) is 11.4. The summed E-state index contributed by atoms with van der Waals surface area (Å²) in [5.74, 6) is 6.24. The first kappa shape index (κ1) is 22.1. The second-order valence-corrected chi connectivity index (χ2v) is 9.05. The number of allylic oxidation sites excluding steroid dienone is 2. The Morgan fingerprint density at radius 1 is 1.30 bits per heavy atom. The zero-order chi connectivity index (χ0) is 21.9. The Hall–Kier alpha value is -2.59.